The molecular formula is C16H25N3O. The SMILES string of the molecule is CNc1cc(C(=O)NCC2(C)CCCCC2)cc(C)n1. The Balaban J connectivity index is 1.99. The van der Waals surface area contributed by atoms with Gasteiger partial charge in [0.05, 0.1) is 0 Å². The van der Waals surface area contributed by atoms with E-state index in [4.69, 9.17) is 0 Å². The minimum Gasteiger partial charge on any atom is -0.373 e. The molecule has 1 saturated carbocycles. The molecule has 0 radical (unpaired) electrons. The summed E-state index contributed by atoms with van der Waals surface area (Å²) in [4.78, 5) is 16.6. The Morgan fingerprint density at radius 1 is 1.30 bits per heavy atom. The molecule has 2 rings (SSSR count). The van der Waals surface area contributed by atoms with Gasteiger partial charge < -0.3 is 10.6 Å². The van der Waals surface area contributed by atoms with Crippen molar-refractivity contribution in [3.05, 3.63) is 23.4 Å². The van der Waals surface area contributed by atoms with E-state index in [0.717, 1.165) is 18.1 Å². The van der Waals surface area contributed by atoms with E-state index in [1.807, 2.05) is 20.0 Å². The first-order chi connectivity index (χ1) is 9.52. The van der Waals surface area contributed by atoms with E-state index < -0.39 is 0 Å². The summed E-state index contributed by atoms with van der Waals surface area (Å²) >= 11 is 0. The standard InChI is InChI=1S/C16H25N3O/c1-12-9-13(10-14(17-3)19-12)15(20)18-11-16(2)7-5-4-6-8-16/h9-10H,4-8,11H2,1-3H3,(H,17,19)(H,18,20). The molecule has 0 atom stereocenters. The number of carbonyl (C=O) groups excluding carboxylic acids is 1. The largest absolute Gasteiger partial charge is 0.373 e. The van der Waals surface area contributed by atoms with Crippen LogP contribution in [0.15, 0.2) is 12.1 Å². The highest BCUT2D eigenvalue weighted by molar-refractivity contribution is 5.95. The summed E-state index contributed by atoms with van der Waals surface area (Å²) < 4.78 is 0. The zero-order chi connectivity index (χ0) is 14.6. The van der Waals surface area contributed by atoms with Crippen molar-refractivity contribution in [2.45, 2.75) is 46.0 Å². The number of aromatic nitrogens is 1. The van der Waals surface area contributed by atoms with Crippen molar-refractivity contribution in [3.63, 3.8) is 0 Å². The molecule has 1 aliphatic rings. The van der Waals surface area contributed by atoms with Gasteiger partial charge in [0.1, 0.15) is 5.82 Å². The molecule has 1 aromatic heterocycles. The van der Waals surface area contributed by atoms with Crippen LogP contribution in [0.3, 0.4) is 0 Å². The van der Waals surface area contributed by atoms with E-state index in [0.29, 0.717) is 5.56 Å². The topological polar surface area (TPSA) is 54.0 Å². The normalized spacial score (nSPS) is 17.6. The van der Waals surface area contributed by atoms with Crippen molar-refractivity contribution in [1.29, 1.82) is 0 Å². The number of anilines is 1. The number of carbonyl (C=O) groups is 1. The van der Waals surface area contributed by atoms with Crippen molar-refractivity contribution >= 4 is 11.7 Å². The molecule has 4 nitrogen and oxygen atoms in total. The first-order valence-corrected chi connectivity index (χ1v) is 7.47. The van der Waals surface area contributed by atoms with Crippen LogP contribution in [0.1, 0.15) is 55.1 Å². The van der Waals surface area contributed by atoms with Crippen molar-refractivity contribution in [1.82, 2.24) is 10.3 Å². The average Bonchev–Trinajstić information content (AvgIpc) is 2.45. The zero-order valence-corrected chi connectivity index (χ0v) is 12.8. The van der Waals surface area contributed by atoms with Crippen molar-refractivity contribution in [2.75, 3.05) is 18.9 Å². The summed E-state index contributed by atoms with van der Waals surface area (Å²) in [6.45, 7) is 4.95. The number of hydrogen-bond donors (Lipinski definition) is 2. The van der Waals surface area contributed by atoms with Crippen LogP contribution in [-0.2, 0) is 0 Å². The second-order valence-corrected chi connectivity index (χ2v) is 6.19. The monoisotopic (exact) mass is 275 g/mol. The van der Waals surface area contributed by atoms with Gasteiger partial charge in [0, 0.05) is 24.8 Å². The van der Waals surface area contributed by atoms with Crippen LogP contribution in [0.5, 0.6) is 0 Å². The van der Waals surface area contributed by atoms with Crippen LogP contribution in [0, 0.1) is 12.3 Å². The van der Waals surface area contributed by atoms with Crippen LogP contribution in [-0.4, -0.2) is 24.5 Å². The Kier molecular flexibility index (Phi) is 4.63. The second-order valence-electron chi connectivity index (χ2n) is 6.19. The van der Waals surface area contributed by atoms with Gasteiger partial charge in [-0.25, -0.2) is 4.98 Å². The highest BCUT2D eigenvalue weighted by Crippen LogP contribution is 2.34. The second kappa shape index (κ2) is 6.25. The number of hydrogen-bond acceptors (Lipinski definition) is 3. The first-order valence-electron chi connectivity index (χ1n) is 7.47. The lowest BCUT2D eigenvalue weighted by Gasteiger charge is -2.33. The van der Waals surface area contributed by atoms with Crippen molar-refractivity contribution in [2.24, 2.45) is 5.41 Å². The molecule has 1 amide bonds. The highest BCUT2D eigenvalue weighted by Gasteiger charge is 2.27. The van der Waals surface area contributed by atoms with Crippen molar-refractivity contribution in [3.8, 4) is 0 Å². The molecule has 1 aromatic rings. The molecule has 0 spiro atoms. The van der Waals surface area contributed by atoms with Crippen LogP contribution in [0.4, 0.5) is 5.82 Å². The average molecular weight is 275 g/mol. The van der Waals surface area contributed by atoms with Crippen LogP contribution in [0.25, 0.3) is 0 Å². The molecule has 0 saturated heterocycles. The Labute approximate surface area is 121 Å². The summed E-state index contributed by atoms with van der Waals surface area (Å²) in [6.07, 6.45) is 6.32. The molecular weight excluding hydrogens is 250 g/mol. The quantitative estimate of drug-likeness (QED) is 0.887. The van der Waals surface area contributed by atoms with Crippen LogP contribution in [0.2, 0.25) is 0 Å². The summed E-state index contributed by atoms with van der Waals surface area (Å²) in [5.74, 6) is 0.734. The third-order valence-corrected chi connectivity index (χ3v) is 4.21. The lowest BCUT2D eigenvalue weighted by atomic mass is 9.76. The molecule has 4 heteroatoms. The maximum atomic E-state index is 12.3. The van der Waals surface area contributed by atoms with Crippen LogP contribution < -0.4 is 10.6 Å². The Morgan fingerprint density at radius 2 is 2.00 bits per heavy atom. The third kappa shape index (κ3) is 3.71. The van der Waals surface area contributed by atoms with Gasteiger partial charge in [-0.1, -0.05) is 26.2 Å². The lowest BCUT2D eigenvalue weighted by molar-refractivity contribution is 0.0919. The maximum Gasteiger partial charge on any atom is 0.251 e. The summed E-state index contributed by atoms with van der Waals surface area (Å²) in [5, 5.41) is 6.08. The van der Waals surface area contributed by atoms with E-state index in [9.17, 15) is 4.79 Å². The van der Waals surface area contributed by atoms with Gasteiger partial charge in [0.2, 0.25) is 0 Å². The van der Waals surface area contributed by atoms with E-state index in [2.05, 4.69) is 22.5 Å². The number of aryl methyl sites for hydroxylation is 1. The summed E-state index contributed by atoms with van der Waals surface area (Å²) in [7, 11) is 1.81. The fourth-order valence-electron chi connectivity index (χ4n) is 2.91. The van der Waals surface area contributed by atoms with Gasteiger partial charge in [-0.15, -0.1) is 0 Å². The van der Waals surface area contributed by atoms with E-state index >= 15 is 0 Å². The Morgan fingerprint density at radius 3 is 2.65 bits per heavy atom. The summed E-state index contributed by atoms with van der Waals surface area (Å²) in [5.41, 5.74) is 1.80. The third-order valence-electron chi connectivity index (χ3n) is 4.21. The Hall–Kier alpha value is -1.58. The molecule has 2 N–H and O–H groups in total. The fourth-order valence-corrected chi connectivity index (χ4v) is 2.91. The van der Waals surface area contributed by atoms with Gasteiger partial charge >= 0.3 is 0 Å². The van der Waals surface area contributed by atoms with Gasteiger partial charge in [0.15, 0.2) is 0 Å². The van der Waals surface area contributed by atoms with Crippen LogP contribution >= 0.6 is 0 Å². The smallest absolute Gasteiger partial charge is 0.251 e. The molecule has 1 heterocycles. The van der Waals surface area contributed by atoms with Gasteiger partial charge in [-0.05, 0) is 37.3 Å². The molecule has 0 unspecified atom stereocenters. The molecule has 0 aromatic carbocycles. The lowest BCUT2D eigenvalue weighted by Crippen LogP contribution is -2.37. The van der Waals surface area contributed by atoms with Gasteiger partial charge in [-0.2, -0.15) is 0 Å². The van der Waals surface area contributed by atoms with E-state index in [-0.39, 0.29) is 11.3 Å². The van der Waals surface area contributed by atoms with Gasteiger partial charge in [0.25, 0.3) is 5.91 Å². The molecule has 1 fully saturated rings. The minimum atomic E-state index is -0.00111. The Bertz CT molecular complexity index is 479. The predicted molar refractivity (Wildman–Crippen MR) is 82.0 cm³/mol. The number of nitrogens with zero attached hydrogens (tertiary/aromatic N) is 1. The minimum absolute atomic E-state index is 0.00111. The van der Waals surface area contributed by atoms with E-state index in [1.165, 1.54) is 32.1 Å². The molecule has 20 heavy (non-hydrogen) atoms. The first kappa shape index (κ1) is 14.8. The molecule has 0 aliphatic heterocycles. The number of amides is 1. The number of rotatable bonds is 4. The van der Waals surface area contributed by atoms with Crippen molar-refractivity contribution < 1.29 is 4.79 Å². The fraction of sp³-hybridized carbons (Fsp3) is 0.625. The number of pyridine rings is 1. The molecule has 1 aliphatic carbocycles. The van der Waals surface area contributed by atoms with E-state index in [1.54, 1.807) is 6.07 Å². The zero-order valence-electron chi connectivity index (χ0n) is 12.8. The highest BCUT2D eigenvalue weighted by atomic mass is 16.1. The predicted octanol–water partition coefficient (Wildman–Crippen LogP) is 3.13. The molecule has 110 valence electrons. The summed E-state index contributed by atoms with van der Waals surface area (Å²) in [6, 6.07) is 3.63. The maximum absolute atomic E-state index is 12.3. The molecule has 0 bridgehead atoms. The number of nitrogens with one attached hydrogen (secondary N) is 2. The van der Waals surface area contributed by atoms with Gasteiger partial charge in [-0.3, -0.25) is 4.79 Å².